The van der Waals surface area contributed by atoms with Crippen LogP contribution in [0.3, 0.4) is 0 Å². The number of nitrogens with one attached hydrogen (secondary N) is 2. The molecule has 1 fully saturated rings. The van der Waals surface area contributed by atoms with Crippen LogP contribution in [-0.4, -0.2) is 35.9 Å². The normalized spacial score (nSPS) is 16.6. The van der Waals surface area contributed by atoms with Crippen molar-refractivity contribution in [3.63, 3.8) is 0 Å². The summed E-state index contributed by atoms with van der Waals surface area (Å²) in [5, 5.41) is 17.3. The van der Waals surface area contributed by atoms with Crippen LogP contribution in [0.2, 0.25) is 0 Å². The van der Waals surface area contributed by atoms with Crippen molar-refractivity contribution in [1.29, 1.82) is 0 Å². The maximum absolute atomic E-state index is 13.0. The van der Waals surface area contributed by atoms with E-state index in [-0.39, 0.29) is 23.5 Å². The Morgan fingerprint density at radius 3 is 2.53 bits per heavy atom. The maximum Gasteiger partial charge on any atom is 0.292 e. The number of carbonyl (C=O) groups is 2. The van der Waals surface area contributed by atoms with E-state index < -0.39 is 10.7 Å². The summed E-state index contributed by atoms with van der Waals surface area (Å²) in [4.78, 5) is 37.2. The molecule has 2 heterocycles. The van der Waals surface area contributed by atoms with Crippen LogP contribution in [-0.2, 0) is 11.2 Å². The highest BCUT2D eigenvalue weighted by Gasteiger charge is 2.28. The van der Waals surface area contributed by atoms with Gasteiger partial charge in [0.2, 0.25) is 5.91 Å². The van der Waals surface area contributed by atoms with Gasteiger partial charge in [-0.05, 0) is 55.2 Å². The second-order valence-corrected chi connectivity index (χ2v) is 7.55. The molecule has 0 atom stereocenters. The van der Waals surface area contributed by atoms with Crippen molar-refractivity contribution in [2.45, 2.75) is 31.7 Å². The molecule has 2 amide bonds. The molecule has 1 saturated heterocycles. The number of piperidine rings is 1. The molecule has 0 saturated carbocycles. The molecule has 0 radical (unpaired) electrons. The van der Waals surface area contributed by atoms with E-state index in [1.807, 2.05) is 4.90 Å². The van der Waals surface area contributed by atoms with E-state index in [1.165, 1.54) is 24.3 Å². The Labute approximate surface area is 172 Å². The fraction of sp³-hybridized carbons (Fsp3) is 0.333. The number of carbonyl (C=O) groups excluding carboxylic acids is 2. The van der Waals surface area contributed by atoms with E-state index in [2.05, 4.69) is 10.6 Å². The number of anilines is 2. The molecule has 30 heavy (non-hydrogen) atoms. The van der Waals surface area contributed by atoms with E-state index >= 15 is 0 Å². The molecule has 156 valence electrons. The summed E-state index contributed by atoms with van der Waals surface area (Å²) in [5.74, 6) is -0.761. The van der Waals surface area contributed by atoms with Crippen molar-refractivity contribution in [2.24, 2.45) is 0 Å². The lowest BCUT2D eigenvalue weighted by atomic mass is 9.99. The van der Waals surface area contributed by atoms with Crippen LogP contribution in [0.1, 0.15) is 35.2 Å². The molecule has 0 bridgehead atoms. The molecule has 0 unspecified atom stereocenters. The summed E-state index contributed by atoms with van der Waals surface area (Å²) in [6, 6.07) is 8.51. The Balaban J connectivity index is 1.45. The van der Waals surface area contributed by atoms with Crippen molar-refractivity contribution in [3.8, 4) is 0 Å². The van der Waals surface area contributed by atoms with Crippen molar-refractivity contribution >= 4 is 28.9 Å². The van der Waals surface area contributed by atoms with E-state index in [0.717, 1.165) is 5.56 Å². The number of fused-ring (bicyclic) bond motifs is 1. The smallest absolute Gasteiger partial charge is 0.292 e. The fourth-order valence-corrected chi connectivity index (χ4v) is 3.94. The van der Waals surface area contributed by atoms with E-state index in [4.69, 9.17) is 0 Å². The quantitative estimate of drug-likeness (QED) is 0.593. The number of aryl methyl sites for hydroxylation is 1. The first-order chi connectivity index (χ1) is 14.4. The third-order valence-corrected chi connectivity index (χ3v) is 5.57. The Kier molecular flexibility index (Phi) is 5.35. The molecule has 2 aliphatic heterocycles. The van der Waals surface area contributed by atoms with Crippen LogP contribution in [0.4, 0.5) is 21.5 Å². The molecule has 4 rings (SSSR count). The molecule has 2 aromatic rings. The molecule has 8 nitrogen and oxygen atoms in total. The van der Waals surface area contributed by atoms with Crippen LogP contribution >= 0.6 is 0 Å². The maximum atomic E-state index is 13.0. The molecule has 0 aromatic heterocycles. The van der Waals surface area contributed by atoms with Crippen LogP contribution in [0.25, 0.3) is 0 Å². The predicted octanol–water partition coefficient (Wildman–Crippen LogP) is 3.02. The van der Waals surface area contributed by atoms with Crippen LogP contribution in [0.5, 0.6) is 0 Å². The van der Waals surface area contributed by atoms with Gasteiger partial charge in [-0.1, -0.05) is 0 Å². The lowest BCUT2D eigenvalue weighted by molar-refractivity contribution is -0.384. The monoisotopic (exact) mass is 412 g/mol. The number of nitro benzene ring substituents is 1. The number of nitrogens with zero attached hydrogens (tertiary/aromatic N) is 2. The lowest BCUT2D eigenvalue weighted by Crippen LogP contribution is -2.45. The third kappa shape index (κ3) is 4.10. The lowest BCUT2D eigenvalue weighted by Gasteiger charge is -2.34. The first-order valence-electron chi connectivity index (χ1n) is 9.83. The molecule has 9 heteroatoms. The molecule has 0 spiro atoms. The number of nitro groups is 1. The zero-order chi connectivity index (χ0) is 21.3. The zero-order valence-electron chi connectivity index (χ0n) is 16.2. The predicted molar refractivity (Wildman–Crippen MR) is 109 cm³/mol. The van der Waals surface area contributed by atoms with Gasteiger partial charge in [0.15, 0.2) is 0 Å². The van der Waals surface area contributed by atoms with Crippen molar-refractivity contribution < 1.29 is 18.9 Å². The number of amides is 2. The Morgan fingerprint density at radius 2 is 1.87 bits per heavy atom. The Morgan fingerprint density at radius 1 is 1.17 bits per heavy atom. The zero-order valence-corrected chi connectivity index (χ0v) is 16.2. The van der Waals surface area contributed by atoms with E-state index in [9.17, 15) is 24.1 Å². The minimum atomic E-state index is -0.400. The summed E-state index contributed by atoms with van der Waals surface area (Å²) in [6.45, 7) is 1.06. The van der Waals surface area contributed by atoms with Crippen molar-refractivity contribution in [3.05, 3.63) is 63.5 Å². The van der Waals surface area contributed by atoms with Gasteiger partial charge in [-0.15, -0.1) is 0 Å². The van der Waals surface area contributed by atoms with Crippen LogP contribution in [0.15, 0.2) is 36.4 Å². The highest BCUT2D eigenvalue weighted by molar-refractivity contribution is 5.95. The first kappa shape index (κ1) is 19.8. The van der Waals surface area contributed by atoms with Gasteiger partial charge in [0.25, 0.3) is 11.6 Å². The fourth-order valence-electron chi connectivity index (χ4n) is 3.94. The van der Waals surface area contributed by atoms with Gasteiger partial charge in [-0.3, -0.25) is 19.7 Å². The molecular weight excluding hydrogens is 391 g/mol. The average Bonchev–Trinajstić information content (AvgIpc) is 2.73. The number of hydrogen-bond donors (Lipinski definition) is 2. The molecular formula is C21H21FN4O4. The largest absolute Gasteiger partial charge is 0.366 e. The second kappa shape index (κ2) is 8.10. The minimum absolute atomic E-state index is 0.0266. The van der Waals surface area contributed by atoms with Gasteiger partial charge in [0, 0.05) is 42.9 Å². The highest BCUT2D eigenvalue weighted by atomic mass is 19.1. The van der Waals surface area contributed by atoms with E-state index in [1.54, 1.807) is 12.1 Å². The highest BCUT2D eigenvalue weighted by Crippen LogP contribution is 2.37. The SMILES string of the molecule is O=C1CCc2cc([N+](=O)[O-])c(N3CCC(NC(=O)c4ccc(F)cc4)CC3)cc2N1. The minimum Gasteiger partial charge on any atom is -0.366 e. The standard InChI is InChI=1S/C21H21FN4O4/c22-15-4-1-13(2-5-15)21(28)23-16-7-9-25(10-8-16)18-12-17-14(3-6-20(27)24-17)11-19(18)26(29)30/h1-2,4-5,11-12,16H,3,6-10H2,(H,23,28)(H,24,27). The number of benzene rings is 2. The number of rotatable bonds is 4. The van der Waals surface area contributed by atoms with E-state index in [0.29, 0.717) is 55.7 Å². The van der Waals surface area contributed by atoms with Gasteiger partial charge in [0.05, 0.1) is 4.92 Å². The van der Waals surface area contributed by atoms with Crippen LogP contribution in [0, 0.1) is 15.9 Å². The summed E-state index contributed by atoms with van der Waals surface area (Å²) in [5.41, 5.74) is 2.29. The first-order valence-corrected chi connectivity index (χ1v) is 9.83. The average molecular weight is 412 g/mol. The number of hydrogen-bond acceptors (Lipinski definition) is 5. The van der Waals surface area contributed by atoms with Gasteiger partial charge >= 0.3 is 0 Å². The van der Waals surface area contributed by atoms with Crippen LogP contribution < -0.4 is 15.5 Å². The van der Waals surface area contributed by atoms with Crippen molar-refractivity contribution in [1.82, 2.24) is 5.32 Å². The molecule has 2 N–H and O–H groups in total. The van der Waals surface area contributed by atoms with Gasteiger partial charge < -0.3 is 15.5 Å². The van der Waals surface area contributed by atoms with Crippen molar-refractivity contribution in [2.75, 3.05) is 23.3 Å². The molecule has 2 aliphatic rings. The third-order valence-electron chi connectivity index (χ3n) is 5.57. The summed E-state index contributed by atoms with van der Waals surface area (Å²) in [7, 11) is 0. The Hall–Kier alpha value is -3.49. The topological polar surface area (TPSA) is 105 Å². The number of halogens is 1. The summed E-state index contributed by atoms with van der Waals surface area (Å²) in [6.07, 6.45) is 2.05. The van der Waals surface area contributed by atoms with Gasteiger partial charge in [0.1, 0.15) is 11.5 Å². The Bertz CT molecular complexity index is 1000. The molecule has 2 aromatic carbocycles. The molecule has 0 aliphatic carbocycles. The summed E-state index contributed by atoms with van der Waals surface area (Å²) >= 11 is 0. The summed E-state index contributed by atoms with van der Waals surface area (Å²) < 4.78 is 13.0. The van der Waals surface area contributed by atoms with Gasteiger partial charge in [-0.25, -0.2) is 4.39 Å². The second-order valence-electron chi connectivity index (χ2n) is 7.55. The van der Waals surface area contributed by atoms with Gasteiger partial charge in [-0.2, -0.15) is 0 Å².